The Kier molecular flexibility index (Phi) is 2.31. The zero-order chi connectivity index (χ0) is 9.97. The van der Waals surface area contributed by atoms with E-state index in [1.54, 1.807) is 6.20 Å². The SMILES string of the molecule is CCOc1cccc2c1ncc[n+]2C. The molecule has 0 radical (unpaired) electrons. The van der Waals surface area contributed by atoms with Crippen molar-refractivity contribution < 1.29 is 9.30 Å². The molecule has 1 aromatic heterocycles. The molecule has 0 N–H and O–H groups in total. The van der Waals surface area contributed by atoms with Crippen LogP contribution in [0.15, 0.2) is 30.6 Å². The molecule has 0 aliphatic heterocycles. The van der Waals surface area contributed by atoms with Crippen LogP contribution in [0.25, 0.3) is 11.0 Å². The van der Waals surface area contributed by atoms with E-state index in [1.165, 1.54) is 0 Å². The lowest BCUT2D eigenvalue weighted by molar-refractivity contribution is -0.645. The van der Waals surface area contributed by atoms with Crippen molar-refractivity contribution in [3.63, 3.8) is 0 Å². The molecule has 1 heterocycles. The van der Waals surface area contributed by atoms with Crippen molar-refractivity contribution in [2.24, 2.45) is 7.05 Å². The first-order valence-electron chi connectivity index (χ1n) is 4.69. The van der Waals surface area contributed by atoms with Crippen LogP contribution in [0.1, 0.15) is 6.92 Å². The Labute approximate surface area is 83.0 Å². The van der Waals surface area contributed by atoms with E-state index in [0.717, 1.165) is 16.8 Å². The van der Waals surface area contributed by atoms with Gasteiger partial charge in [0, 0.05) is 6.07 Å². The van der Waals surface area contributed by atoms with Crippen molar-refractivity contribution in [2.45, 2.75) is 6.92 Å². The summed E-state index contributed by atoms with van der Waals surface area (Å²) in [5.74, 6) is 0.848. The number of nitrogens with zero attached hydrogens (tertiary/aromatic N) is 2. The topological polar surface area (TPSA) is 26.0 Å². The quantitative estimate of drug-likeness (QED) is 0.668. The number of aryl methyl sites for hydroxylation is 1. The molecule has 0 unspecified atom stereocenters. The summed E-state index contributed by atoms with van der Waals surface area (Å²) in [5, 5.41) is 0. The molecule has 0 saturated heterocycles. The van der Waals surface area contributed by atoms with E-state index in [0.29, 0.717) is 6.61 Å². The third-order valence-electron chi connectivity index (χ3n) is 2.15. The summed E-state index contributed by atoms with van der Waals surface area (Å²) >= 11 is 0. The van der Waals surface area contributed by atoms with Gasteiger partial charge in [-0.3, -0.25) is 0 Å². The second kappa shape index (κ2) is 3.62. The number of hydrogen-bond donors (Lipinski definition) is 0. The Bertz CT molecular complexity index is 454. The largest absolute Gasteiger partial charge is 0.491 e. The minimum atomic E-state index is 0.666. The van der Waals surface area contributed by atoms with E-state index in [-0.39, 0.29) is 0 Å². The van der Waals surface area contributed by atoms with Crippen molar-refractivity contribution >= 4 is 11.0 Å². The molecule has 3 nitrogen and oxygen atoms in total. The molecule has 0 spiro atoms. The van der Waals surface area contributed by atoms with Gasteiger partial charge in [-0.15, -0.1) is 0 Å². The molecule has 2 aromatic rings. The van der Waals surface area contributed by atoms with Gasteiger partial charge in [-0.25, -0.2) is 4.98 Å². The van der Waals surface area contributed by atoms with Crippen LogP contribution in [0, 0.1) is 0 Å². The smallest absolute Gasteiger partial charge is 0.234 e. The monoisotopic (exact) mass is 189 g/mol. The molecule has 0 aliphatic carbocycles. The molecule has 0 bridgehead atoms. The first-order valence-corrected chi connectivity index (χ1v) is 4.69. The van der Waals surface area contributed by atoms with Gasteiger partial charge in [0.25, 0.3) is 0 Å². The average molecular weight is 189 g/mol. The Morgan fingerprint density at radius 1 is 1.43 bits per heavy atom. The van der Waals surface area contributed by atoms with Gasteiger partial charge in [-0.1, -0.05) is 6.07 Å². The maximum atomic E-state index is 5.50. The van der Waals surface area contributed by atoms with Crippen LogP contribution < -0.4 is 9.30 Å². The van der Waals surface area contributed by atoms with Crippen LogP contribution >= 0.6 is 0 Å². The molecule has 0 amide bonds. The number of ether oxygens (including phenoxy) is 1. The molecule has 0 fully saturated rings. The van der Waals surface area contributed by atoms with Crippen LogP contribution in [0.5, 0.6) is 5.75 Å². The van der Waals surface area contributed by atoms with E-state index in [4.69, 9.17) is 4.74 Å². The Balaban J connectivity index is 2.68. The van der Waals surface area contributed by atoms with Gasteiger partial charge < -0.3 is 4.74 Å². The number of fused-ring (bicyclic) bond motifs is 1. The number of hydrogen-bond acceptors (Lipinski definition) is 2. The summed E-state index contributed by atoms with van der Waals surface area (Å²) in [4.78, 5) is 4.31. The lowest BCUT2D eigenvalue weighted by Gasteiger charge is -2.04. The van der Waals surface area contributed by atoms with Crippen LogP contribution in [0.4, 0.5) is 0 Å². The number of benzene rings is 1. The highest BCUT2D eigenvalue weighted by Gasteiger charge is 2.09. The van der Waals surface area contributed by atoms with Gasteiger partial charge in [-0.05, 0) is 13.0 Å². The van der Waals surface area contributed by atoms with E-state index >= 15 is 0 Å². The van der Waals surface area contributed by atoms with Crippen LogP contribution in [-0.2, 0) is 7.05 Å². The fourth-order valence-electron chi connectivity index (χ4n) is 1.49. The van der Waals surface area contributed by atoms with Crippen molar-refractivity contribution in [3.05, 3.63) is 30.6 Å². The number of rotatable bonds is 2. The Morgan fingerprint density at radius 2 is 2.29 bits per heavy atom. The van der Waals surface area contributed by atoms with Gasteiger partial charge in [0.1, 0.15) is 7.05 Å². The predicted octanol–water partition coefficient (Wildman–Crippen LogP) is 1.46. The molecule has 72 valence electrons. The molecule has 14 heavy (non-hydrogen) atoms. The lowest BCUT2D eigenvalue weighted by atomic mass is 10.2. The van der Waals surface area contributed by atoms with E-state index in [9.17, 15) is 0 Å². The second-order valence-corrected chi connectivity index (χ2v) is 3.10. The normalized spacial score (nSPS) is 10.4. The third-order valence-corrected chi connectivity index (χ3v) is 2.15. The van der Waals surface area contributed by atoms with Gasteiger partial charge in [0.05, 0.1) is 12.8 Å². The summed E-state index contributed by atoms with van der Waals surface area (Å²) in [6, 6.07) is 5.96. The summed E-state index contributed by atoms with van der Waals surface area (Å²) in [6.45, 7) is 2.64. The van der Waals surface area contributed by atoms with E-state index in [2.05, 4.69) is 4.98 Å². The predicted molar refractivity (Wildman–Crippen MR) is 54.1 cm³/mol. The standard InChI is InChI=1S/C11H13N2O/c1-3-14-10-6-4-5-9-11(10)12-7-8-13(9)2/h4-8H,3H2,1-2H3/q+1. The highest BCUT2D eigenvalue weighted by Crippen LogP contribution is 2.20. The van der Waals surface area contributed by atoms with Crippen molar-refractivity contribution in [3.8, 4) is 5.75 Å². The average Bonchev–Trinajstić information content (AvgIpc) is 2.20. The van der Waals surface area contributed by atoms with Gasteiger partial charge in [0.2, 0.25) is 5.52 Å². The maximum Gasteiger partial charge on any atom is 0.234 e. The van der Waals surface area contributed by atoms with Gasteiger partial charge in [-0.2, -0.15) is 4.57 Å². The molecule has 3 heteroatoms. The fraction of sp³-hybridized carbons (Fsp3) is 0.273. The van der Waals surface area contributed by atoms with Crippen molar-refractivity contribution in [1.82, 2.24) is 4.98 Å². The first kappa shape index (κ1) is 8.94. The zero-order valence-electron chi connectivity index (χ0n) is 8.40. The summed E-state index contributed by atoms with van der Waals surface area (Å²) < 4.78 is 7.53. The summed E-state index contributed by atoms with van der Waals surface area (Å²) in [7, 11) is 2.00. The molecule has 0 aliphatic rings. The molecule has 0 saturated carbocycles. The number of aromatic nitrogens is 2. The van der Waals surface area contributed by atoms with E-state index in [1.807, 2.05) is 42.9 Å². The third kappa shape index (κ3) is 1.41. The second-order valence-electron chi connectivity index (χ2n) is 3.10. The fourth-order valence-corrected chi connectivity index (χ4v) is 1.49. The minimum absolute atomic E-state index is 0.666. The Morgan fingerprint density at radius 3 is 3.07 bits per heavy atom. The highest BCUT2D eigenvalue weighted by atomic mass is 16.5. The Hall–Kier alpha value is -1.64. The van der Waals surface area contributed by atoms with Crippen LogP contribution in [0.2, 0.25) is 0 Å². The molecular weight excluding hydrogens is 176 g/mol. The molecular formula is C11H13N2O+. The lowest BCUT2D eigenvalue weighted by Crippen LogP contribution is -2.28. The first-order chi connectivity index (χ1) is 6.83. The zero-order valence-corrected chi connectivity index (χ0v) is 8.40. The molecule has 0 atom stereocenters. The molecule has 2 rings (SSSR count). The van der Waals surface area contributed by atoms with Gasteiger partial charge in [0.15, 0.2) is 17.5 Å². The summed E-state index contributed by atoms with van der Waals surface area (Å²) in [6.07, 6.45) is 3.71. The number of para-hydroxylation sites is 1. The van der Waals surface area contributed by atoms with Crippen LogP contribution in [-0.4, -0.2) is 11.6 Å². The van der Waals surface area contributed by atoms with Crippen LogP contribution in [0.3, 0.4) is 0 Å². The maximum absolute atomic E-state index is 5.50. The van der Waals surface area contributed by atoms with Crippen molar-refractivity contribution in [1.29, 1.82) is 0 Å². The minimum Gasteiger partial charge on any atom is -0.491 e. The van der Waals surface area contributed by atoms with E-state index < -0.39 is 0 Å². The summed E-state index contributed by atoms with van der Waals surface area (Å²) in [5.41, 5.74) is 2.00. The highest BCUT2D eigenvalue weighted by molar-refractivity contribution is 5.77. The van der Waals surface area contributed by atoms with Gasteiger partial charge >= 0.3 is 0 Å². The van der Waals surface area contributed by atoms with Crippen molar-refractivity contribution in [2.75, 3.05) is 6.61 Å². The molecule has 1 aromatic carbocycles.